The maximum atomic E-state index is 11.5. The molecule has 1 aliphatic carbocycles. The molecule has 2 fully saturated rings. The molecule has 1 saturated heterocycles. The number of likely N-dealkylation sites (tertiary alicyclic amines) is 1. The van der Waals surface area contributed by atoms with Gasteiger partial charge >= 0.3 is 5.97 Å². The van der Waals surface area contributed by atoms with Gasteiger partial charge in [-0.2, -0.15) is 0 Å². The van der Waals surface area contributed by atoms with E-state index in [9.17, 15) is 9.90 Å². The molecule has 35 heavy (non-hydrogen) atoms. The SMILES string of the molecule is CCOC(=O)CCN1CC2C(C#Cc3ccc(-c4cc(Cn5ccnc5[C@H](C)O)no4)cc3)C2C1. The maximum Gasteiger partial charge on any atom is 0.307 e. The van der Waals surface area contributed by atoms with Crippen molar-refractivity contribution in [2.24, 2.45) is 17.8 Å². The first-order chi connectivity index (χ1) is 17.0. The van der Waals surface area contributed by atoms with Crippen molar-refractivity contribution in [3.8, 4) is 23.2 Å². The van der Waals surface area contributed by atoms with Crippen molar-refractivity contribution in [3.63, 3.8) is 0 Å². The molecule has 8 heteroatoms. The lowest BCUT2D eigenvalue weighted by Crippen LogP contribution is -2.27. The van der Waals surface area contributed by atoms with E-state index in [4.69, 9.17) is 9.26 Å². The smallest absolute Gasteiger partial charge is 0.307 e. The predicted molar refractivity (Wildman–Crippen MR) is 129 cm³/mol. The van der Waals surface area contributed by atoms with E-state index in [1.54, 1.807) is 13.1 Å². The van der Waals surface area contributed by atoms with Crippen LogP contribution < -0.4 is 0 Å². The molecule has 8 nitrogen and oxygen atoms in total. The van der Waals surface area contributed by atoms with Gasteiger partial charge in [0.25, 0.3) is 0 Å². The van der Waals surface area contributed by atoms with E-state index in [0.717, 1.165) is 36.5 Å². The van der Waals surface area contributed by atoms with Gasteiger partial charge in [0.05, 0.1) is 19.6 Å². The van der Waals surface area contributed by atoms with Gasteiger partial charge in [-0.1, -0.05) is 17.0 Å². The number of benzene rings is 1. The molecule has 3 heterocycles. The van der Waals surface area contributed by atoms with Crippen molar-refractivity contribution >= 4 is 5.97 Å². The van der Waals surface area contributed by atoms with Gasteiger partial charge < -0.3 is 23.8 Å². The zero-order valence-electron chi connectivity index (χ0n) is 20.1. The summed E-state index contributed by atoms with van der Waals surface area (Å²) in [6.07, 6.45) is 3.31. The van der Waals surface area contributed by atoms with E-state index in [0.29, 0.717) is 48.9 Å². The number of aliphatic hydroxyl groups excluding tert-OH is 1. The first-order valence-corrected chi connectivity index (χ1v) is 12.2. The van der Waals surface area contributed by atoms with Crippen molar-refractivity contribution in [1.29, 1.82) is 0 Å². The number of aromatic nitrogens is 3. The molecule has 3 atom stereocenters. The van der Waals surface area contributed by atoms with Gasteiger partial charge in [0.2, 0.25) is 0 Å². The summed E-state index contributed by atoms with van der Waals surface area (Å²) in [4.78, 5) is 18.1. The first-order valence-electron chi connectivity index (χ1n) is 12.2. The highest BCUT2D eigenvalue weighted by molar-refractivity contribution is 5.69. The summed E-state index contributed by atoms with van der Waals surface area (Å²) in [7, 11) is 0. The lowest BCUT2D eigenvalue weighted by Gasteiger charge is -2.17. The molecule has 0 spiro atoms. The number of hydrogen-bond donors (Lipinski definition) is 1. The molecule has 3 aromatic rings. The highest BCUT2D eigenvalue weighted by Gasteiger charge is 2.54. The van der Waals surface area contributed by atoms with Crippen LogP contribution in [0.1, 0.15) is 43.5 Å². The van der Waals surface area contributed by atoms with Gasteiger partial charge in [-0.25, -0.2) is 4.98 Å². The molecule has 1 N–H and O–H groups in total. The van der Waals surface area contributed by atoms with Crippen LogP contribution in [-0.4, -0.2) is 56.9 Å². The van der Waals surface area contributed by atoms with Crippen molar-refractivity contribution in [2.75, 3.05) is 26.2 Å². The minimum atomic E-state index is -0.643. The first kappa shape index (κ1) is 23.3. The number of ether oxygens (including phenoxy) is 1. The monoisotopic (exact) mass is 474 g/mol. The van der Waals surface area contributed by atoms with Gasteiger partial charge in [-0.15, -0.1) is 0 Å². The molecule has 2 unspecified atom stereocenters. The van der Waals surface area contributed by atoms with Crippen molar-refractivity contribution < 1.29 is 19.2 Å². The van der Waals surface area contributed by atoms with E-state index in [2.05, 4.69) is 26.9 Å². The molecule has 2 aromatic heterocycles. The summed E-state index contributed by atoms with van der Waals surface area (Å²) < 4.78 is 12.4. The standard InChI is InChI=1S/C27H30N4O4/c1-3-34-26(33)10-12-30-16-23-22(24(23)17-30)9-6-19-4-7-20(8-5-19)25-14-21(29-35-25)15-31-13-11-28-27(31)18(2)32/h4-5,7-8,11,13-14,18,22-24,32H,3,10,12,15-17H2,1-2H3/t18-,22?,23?,24?/m0/s1. The quantitative estimate of drug-likeness (QED) is 0.396. The van der Waals surface area contributed by atoms with E-state index in [1.807, 2.05) is 48.0 Å². The van der Waals surface area contributed by atoms with Crippen LogP contribution >= 0.6 is 0 Å². The largest absolute Gasteiger partial charge is 0.466 e. The van der Waals surface area contributed by atoms with Crippen molar-refractivity contribution in [1.82, 2.24) is 19.6 Å². The molecule has 0 radical (unpaired) electrons. The van der Waals surface area contributed by atoms with E-state index in [1.165, 1.54) is 0 Å². The normalized spacial score (nSPS) is 21.7. The number of carbonyl (C=O) groups is 1. The van der Waals surface area contributed by atoms with Crippen molar-refractivity contribution in [2.45, 2.75) is 32.9 Å². The second-order valence-electron chi connectivity index (χ2n) is 9.29. The molecule has 0 amide bonds. The summed E-state index contributed by atoms with van der Waals surface area (Å²) >= 11 is 0. The maximum absolute atomic E-state index is 11.5. The molecule has 5 rings (SSSR count). The summed E-state index contributed by atoms with van der Waals surface area (Å²) in [6, 6.07) is 9.92. The third kappa shape index (κ3) is 5.31. The van der Waals surface area contributed by atoms with Crippen LogP contribution in [0.25, 0.3) is 11.3 Å². The summed E-state index contributed by atoms with van der Waals surface area (Å²) in [6.45, 7) is 7.28. The average Bonchev–Trinajstić information content (AvgIpc) is 3.33. The van der Waals surface area contributed by atoms with E-state index < -0.39 is 6.10 Å². The third-order valence-electron chi connectivity index (χ3n) is 6.77. The molecule has 182 valence electrons. The minimum Gasteiger partial charge on any atom is -0.466 e. The fourth-order valence-electron chi connectivity index (χ4n) is 4.90. The minimum absolute atomic E-state index is 0.113. The van der Waals surface area contributed by atoms with Crippen LogP contribution in [0.2, 0.25) is 0 Å². The lowest BCUT2D eigenvalue weighted by atomic mass is 10.1. The number of fused-ring (bicyclic) bond motifs is 1. The fourth-order valence-corrected chi connectivity index (χ4v) is 4.90. The summed E-state index contributed by atoms with van der Waals surface area (Å²) in [5.41, 5.74) is 2.69. The number of nitrogens with zero attached hydrogens (tertiary/aromatic N) is 4. The lowest BCUT2D eigenvalue weighted by molar-refractivity contribution is -0.143. The second kappa shape index (κ2) is 10.1. The molecular weight excluding hydrogens is 444 g/mol. The van der Waals surface area contributed by atoms with Crippen LogP contribution in [0.5, 0.6) is 0 Å². The van der Waals surface area contributed by atoms with Crippen molar-refractivity contribution in [3.05, 3.63) is 59.8 Å². The van der Waals surface area contributed by atoms with Gasteiger partial charge in [0, 0.05) is 55.1 Å². The van der Waals surface area contributed by atoms with Crippen LogP contribution in [0.3, 0.4) is 0 Å². The van der Waals surface area contributed by atoms with Gasteiger partial charge in [-0.05, 0) is 49.9 Å². The predicted octanol–water partition coefficient (Wildman–Crippen LogP) is 3.12. The van der Waals surface area contributed by atoms with Crippen LogP contribution in [-0.2, 0) is 16.1 Å². The average molecular weight is 475 g/mol. The Labute approximate surface area is 204 Å². The third-order valence-corrected chi connectivity index (χ3v) is 6.77. The number of carbonyl (C=O) groups excluding carboxylic acids is 1. The number of piperidine rings is 1. The van der Waals surface area contributed by atoms with Crippen LogP contribution in [0.4, 0.5) is 0 Å². The number of rotatable bonds is 8. The number of imidazole rings is 1. The molecule has 1 aromatic carbocycles. The van der Waals surface area contributed by atoms with Gasteiger partial charge in [0.1, 0.15) is 17.6 Å². The molecule has 0 bridgehead atoms. The Morgan fingerprint density at radius 2 is 2.06 bits per heavy atom. The van der Waals surface area contributed by atoms with Gasteiger partial charge in [-0.3, -0.25) is 4.79 Å². The number of esters is 1. The Bertz CT molecular complexity index is 1220. The zero-order valence-corrected chi connectivity index (χ0v) is 20.1. The van der Waals surface area contributed by atoms with Crippen LogP contribution in [0.15, 0.2) is 47.2 Å². The Kier molecular flexibility index (Phi) is 6.71. The molecule has 1 saturated carbocycles. The topological polar surface area (TPSA) is 93.6 Å². The van der Waals surface area contributed by atoms with E-state index >= 15 is 0 Å². The van der Waals surface area contributed by atoms with Crippen LogP contribution in [0, 0.1) is 29.6 Å². The summed E-state index contributed by atoms with van der Waals surface area (Å²) in [5.74, 6) is 9.66. The molecule has 2 aliphatic rings. The number of aliphatic hydroxyl groups is 1. The highest BCUT2D eigenvalue weighted by Crippen LogP contribution is 2.51. The van der Waals surface area contributed by atoms with E-state index in [-0.39, 0.29) is 5.97 Å². The molecular formula is C27H30N4O4. The molecule has 1 aliphatic heterocycles. The Hall–Kier alpha value is -3.41. The zero-order chi connectivity index (χ0) is 24.4. The highest BCUT2D eigenvalue weighted by atomic mass is 16.5. The fraction of sp³-hybridized carbons (Fsp3) is 0.444. The van der Waals surface area contributed by atoms with Gasteiger partial charge in [0.15, 0.2) is 5.76 Å². The Morgan fingerprint density at radius 3 is 2.77 bits per heavy atom. The number of hydrogen-bond acceptors (Lipinski definition) is 7. The second-order valence-corrected chi connectivity index (χ2v) is 9.29. The Balaban J connectivity index is 1.13. The Morgan fingerprint density at radius 1 is 1.29 bits per heavy atom. The summed E-state index contributed by atoms with van der Waals surface area (Å²) in [5, 5.41) is 14.0.